The Labute approximate surface area is 132 Å². The summed E-state index contributed by atoms with van der Waals surface area (Å²) < 4.78 is 27.7. The fraction of sp³-hybridized carbons (Fsp3) is 0.214. The fourth-order valence-electron chi connectivity index (χ4n) is 2.47. The van der Waals surface area contributed by atoms with Gasteiger partial charge in [-0.05, 0) is 40.0 Å². The van der Waals surface area contributed by atoms with E-state index < -0.39 is 10.0 Å². The molecule has 0 spiro atoms. The van der Waals surface area contributed by atoms with E-state index >= 15 is 0 Å². The molecule has 7 heteroatoms. The van der Waals surface area contributed by atoms with Crippen LogP contribution in [-0.4, -0.2) is 26.0 Å². The van der Waals surface area contributed by atoms with Crippen molar-refractivity contribution >= 4 is 31.6 Å². The maximum atomic E-state index is 12.9. The molecular formula is C14H14BrN3O2S. The van der Waals surface area contributed by atoms with Crippen molar-refractivity contribution in [1.82, 2.24) is 4.98 Å². The van der Waals surface area contributed by atoms with Crippen molar-refractivity contribution in [2.45, 2.75) is 17.4 Å². The highest BCUT2D eigenvalue weighted by atomic mass is 79.9. The monoisotopic (exact) mass is 367 g/mol. The Morgan fingerprint density at radius 2 is 2.05 bits per heavy atom. The number of fused-ring (bicyclic) bond motifs is 1. The van der Waals surface area contributed by atoms with E-state index in [0.717, 1.165) is 5.56 Å². The summed E-state index contributed by atoms with van der Waals surface area (Å²) in [5.74, 6) is 0. The summed E-state index contributed by atoms with van der Waals surface area (Å²) in [4.78, 5) is 4.09. The van der Waals surface area contributed by atoms with Crippen molar-refractivity contribution in [3.63, 3.8) is 0 Å². The van der Waals surface area contributed by atoms with Gasteiger partial charge in [0.1, 0.15) is 4.90 Å². The van der Waals surface area contributed by atoms with E-state index in [-0.39, 0.29) is 17.5 Å². The van der Waals surface area contributed by atoms with Crippen LogP contribution in [0.15, 0.2) is 52.1 Å². The van der Waals surface area contributed by atoms with Gasteiger partial charge in [-0.15, -0.1) is 0 Å². The zero-order valence-electron chi connectivity index (χ0n) is 11.1. The van der Waals surface area contributed by atoms with Crippen LogP contribution < -0.4 is 10.0 Å². The molecule has 1 aromatic heterocycles. The number of aromatic nitrogens is 1. The third-order valence-electron chi connectivity index (χ3n) is 3.41. The highest BCUT2D eigenvalue weighted by Gasteiger charge is 2.32. The van der Waals surface area contributed by atoms with E-state index in [1.165, 1.54) is 10.5 Å². The number of para-hydroxylation sites is 1. The minimum atomic E-state index is -3.67. The first-order valence-electron chi connectivity index (χ1n) is 6.45. The number of anilines is 1. The average molecular weight is 368 g/mol. The predicted molar refractivity (Wildman–Crippen MR) is 84.6 cm³/mol. The molecule has 5 nitrogen and oxygen atoms in total. The van der Waals surface area contributed by atoms with Gasteiger partial charge in [-0.2, -0.15) is 0 Å². The van der Waals surface area contributed by atoms with E-state index in [1.807, 2.05) is 24.3 Å². The first-order valence-corrected chi connectivity index (χ1v) is 8.68. The molecule has 0 aliphatic carbocycles. The predicted octanol–water partition coefficient (Wildman–Crippen LogP) is 1.92. The van der Waals surface area contributed by atoms with Gasteiger partial charge < -0.3 is 5.73 Å². The maximum Gasteiger partial charge on any atom is 0.265 e. The molecule has 0 fully saturated rings. The standard InChI is InChI=1S/C14H14BrN3O2S/c15-11-6-13(8-17-7-11)21(19,20)18-9-12(16)5-10-3-1-2-4-14(10)18/h1-4,6-8,12H,5,9,16H2. The van der Waals surface area contributed by atoms with E-state index in [0.29, 0.717) is 16.6 Å². The van der Waals surface area contributed by atoms with Crippen molar-refractivity contribution in [3.8, 4) is 0 Å². The molecule has 1 aliphatic heterocycles. The summed E-state index contributed by atoms with van der Waals surface area (Å²) in [6, 6.07) is 8.78. The average Bonchev–Trinajstić information content (AvgIpc) is 2.46. The van der Waals surface area contributed by atoms with E-state index in [9.17, 15) is 8.42 Å². The van der Waals surface area contributed by atoms with Crippen molar-refractivity contribution in [2.75, 3.05) is 10.8 Å². The van der Waals surface area contributed by atoms with E-state index in [4.69, 9.17) is 5.73 Å². The molecule has 0 saturated heterocycles. The quantitative estimate of drug-likeness (QED) is 0.879. The second-order valence-electron chi connectivity index (χ2n) is 4.97. The molecule has 0 radical (unpaired) electrons. The highest BCUT2D eigenvalue weighted by Crippen LogP contribution is 2.31. The first kappa shape index (κ1) is 14.5. The van der Waals surface area contributed by atoms with Crippen LogP contribution in [0.5, 0.6) is 0 Å². The largest absolute Gasteiger partial charge is 0.326 e. The number of halogens is 1. The molecule has 2 heterocycles. The van der Waals surface area contributed by atoms with Gasteiger partial charge in [0.15, 0.2) is 0 Å². The van der Waals surface area contributed by atoms with Crippen LogP contribution in [-0.2, 0) is 16.4 Å². The molecule has 1 aliphatic rings. The van der Waals surface area contributed by atoms with Gasteiger partial charge in [-0.1, -0.05) is 18.2 Å². The van der Waals surface area contributed by atoms with Gasteiger partial charge in [-0.3, -0.25) is 9.29 Å². The van der Waals surface area contributed by atoms with Crippen LogP contribution in [0.25, 0.3) is 0 Å². The number of rotatable bonds is 2. The number of nitrogens with zero attached hydrogens (tertiary/aromatic N) is 2. The Balaban J connectivity index is 2.11. The second kappa shape index (κ2) is 5.40. The molecule has 1 aromatic carbocycles. The number of hydrogen-bond donors (Lipinski definition) is 1. The fourth-order valence-corrected chi connectivity index (χ4v) is 4.54. The van der Waals surface area contributed by atoms with Gasteiger partial charge in [0.2, 0.25) is 0 Å². The van der Waals surface area contributed by atoms with Gasteiger partial charge in [-0.25, -0.2) is 8.42 Å². The minimum Gasteiger partial charge on any atom is -0.326 e. The van der Waals surface area contributed by atoms with Gasteiger partial charge >= 0.3 is 0 Å². The molecule has 21 heavy (non-hydrogen) atoms. The maximum absolute atomic E-state index is 12.9. The van der Waals surface area contributed by atoms with Crippen LogP contribution in [0.2, 0.25) is 0 Å². The second-order valence-corrected chi connectivity index (χ2v) is 7.75. The molecule has 1 unspecified atom stereocenters. The minimum absolute atomic E-state index is 0.153. The third kappa shape index (κ3) is 2.68. The smallest absolute Gasteiger partial charge is 0.265 e. The Hall–Kier alpha value is -1.44. The summed E-state index contributed by atoms with van der Waals surface area (Å²) in [6.45, 7) is 0.270. The Kier molecular flexibility index (Phi) is 3.73. The van der Waals surface area contributed by atoms with Crippen LogP contribution in [0.3, 0.4) is 0 Å². The lowest BCUT2D eigenvalue weighted by Crippen LogP contribution is -2.46. The van der Waals surface area contributed by atoms with Crippen LogP contribution in [0.1, 0.15) is 5.56 Å². The third-order valence-corrected chi connectivity index (χ3v) is 5.59. The molecular weight excluding hydrogens is 354 g/mol. The van der Waals surface area contributed by atoms with Crippen LogP contribution >= 0.6 is 15.9 Å². The molecule has 3 rings (SSSR count). The normalized spacial score (nSPS) is 18.4. The molecule has 1 atom stereocenters. The van der Waals surface area contributed by atoms with Gasteiger partial charge in [0.25, 0.3) is 10.0 Å². The molecule has 0 bridgehead atoms. The van der Waals surface area contributed by atoms with E-state index in [1.54, 1.807) is 12.3 Å². The Morgan fingerprint density at radius 3 is 2.81 bits per heavy atom. The lowest BCUT2D eigenvalue weighted by Gasteiger charge is -2.33. The van der Waals surface area contributed by atoms with Crippen molar-refractivity contribution in [3.05, 3.63) is 52.8 Å². The lowest BCUT2D eigenvalue weighted by molar-refractivity contribution is 0.575. The Morgan fingerprint density at radius 1 is 1.29 bits per heavy atom. The first-order chi connectivity index (χ1) is 9.98. The number of benzene rings is 1. The van der Waals surface area contributed by atoms with Gasteiger partial charge in [0.05, 0.1) is 5.69 Å². The number of hydrogen-bond acceptors (Lipinski definition) is 4. The summed E-state index contributed by atoms with van der Waals surface area (Å²) in [7, 11) is -3.67. The van der Waals surface area contributed by atoms with Crippen molar-refractivity contribution in [1.29, 1.82) is 0 Å². The van der Waals surface area contributed by atoms with Crippen LogP contribution in [0, 0.1) is 0 Å². The topological polar surface area (TPSA) is 76.3 Å². The molecule has 0 saturated carbocycles. The summed E-state index contributed by atoms with van der Waals surface area (Å²) in [5, 5.41) is 0. The number of nitrogens with two attached hydrogens (primary N) is 1. The summed E-state index contributed by atoms with van der Waals surface area (Å²) in [5.41, 5.74) is 7.65. The number of pyridine rings is 1. The SMILES string of the molecule is NC1Cc2ccccc2N(S(=O)(=O)c2cncc(Br)c2)C1. The van der Waals surface area contributed by atoms with Crippen LogP contribution in [0.4, 0.5) is 5.69 Å². The summed E-state index contributed by atoms with van der Waals surface area (Å²) in [6.07, 6.45) is 3.58. The molecule has 110 valence electrons. The molecule has 0 amide bonds. The van der Waals surface area contributed by atoms with E-state index in [2.05, 4.69) is 20.9 Å². The highest BCUT2D eigenvalue weighted by molar-refractivity contribution is 9.10. The van der Waals surface area contributed by atoms with Gasteiger partial charge in [0, 0.05) is 29.5 Å². The Bertz CT molecular complexity index is 779. The molecule has 2 N–H and O–H groups in total. The number of sulfonamides is 1. The zero-order chi connectivity index (χ0) is 15.0. The lowest BCUT2D eigenvalue weighted by atomic mass is 10.0. The molecule has 2 aromatic rings. The zero-order valence-corrected chi connectivity index (χ0v) is 13.5. The van der Waals surface area contributed by atoms with Crippen molar-refractivity contribution in [2.24, 2.45) is 5.73 Å². The summed E-state index contributed by atoms with van der Waals surface area (Å²) >= 11 is 3.25. The van der Waals surface area contributed by atoms with Crippen molar-refractivity contribution < 1.29 is 8.42 Å².